The standard InChI is InChI=1S/C56H36N2/c1-2-15-37(16-3-1)42-22-6-9-27-50(42)57-52-28-10-7-23-46(52)48-33-31-40(35-54(48)57)44-25-12-19-39-20-13-26-45(56(39)44)41-32-34-49-47-24-8-11-29-53(47)58(55(49)36-41)51-30-14-18-38-17-4-5-21-43(38)51/h1-36H. The normalized spacial score (nSPS) is 11.8. The van der Waals surface area contributed by atoms with Crippen LogP contribution in [0.3, 0.4) is 0 Å². The highest BCUT2D eigenvalue weighted by Gasteiger charge is 2.19. The Kier molecular flexibility index (Phi) is 7.26. The first-order chi connectivity index (χ1) is 28.8. The van der Waals surface area contributed by atoms with Gasteiger partial charge in [0.1, 0.15) is 0 Å². The molecule has 0 aliphatic rings. The zero-order valence-electron chi connectivity index (χ0n) is 31.7. The lowest BCUT2D eigenvalue weighted by molar-refractivity contribution is 1.18. The molecule has 58 heavy (non-hydrogen) atoms. The van der Waals surface area contributed by atoms with Gasteiger partial charge in [-0.1, -0.05) is 182 Å². The maximum Gasteiger partial charge on any atom is 0.0547 e. The Morgan fingerprint density at radius 1 is 0.241 bits per heavy atom. The summed E-state index contributed by atoms with van der Waals surface area (Å²) in [5, 5.41) is 9.96. The van der Waals surface area contributed by atoms with Crippen LogP contribution in [0.2, 0.25) is 0 Å². The molecule has 0 amide bonds. The van der Waals surface area contributed by atoms with Crippen LogP contribution in [0.15, 0.2) is 218 Å². The second-order valence-electron chi connectivity index (χ2n) is 15.3. The molecule has 0 atom stereocenters. The first-order valence-corrected chi connectivity index (χ1v) is 20.0. The molecule has 0 bridgehead atoms. The zero-order chi connectivity index (χ0) is 38.2. The Labute approximate surface area is 336 Å². The van der Waals surface area contributed by atoms with Crippen molar-refractivity contribution in [3.8, 4) is 44.8 Å². The van der Waals surface area contributed by atoms with E-state index in [2.05, 4.69) is 228 Å². The fourth-order valence-corrected chi connectivity index (χ4v) is 9.55. The van der Waals surface area contributed by atoms with Gasteiger partial charge in [0.2, 0.25) is 0 Å². The van der Waals surface area contributed by atoms with E-state index in [1.54, 1.807) is 0 Å². The van der Waals surface area contributed by atoms with Crippen molar-refractivity contribution < 1.29 is 0 Å². The number of fused-ring (bicyclic) bond motifs is 8. The quantitative estimate of drug-likeness (QED) is 0.167. The van der Waals surface area contributed by atoms with Gasteiger partial charge in [0, 0.05) is 32.5 Å². The molecule has 0 N–H and O–H groups in total. The Hall–Kier alpha value is -7.68. The van der Waals surface area contributed by atoms with Crippen molar-refractivity contribution in [2.75, 3.05) is 0 Å². The summed E-state index contributed by atoms with van der Waals surface area (Å²) < 4.78 is 4.92. The second kappa shape index (κ2) is 12.9. The van der Waals surface area contributed by atoms with E-state index >= 15 is 0 Å². The van der Waals surface area contributed by atoms with E-state index in [-0.39, 0.29) is 0 Å². The van der Waals surface area contributed by atoms with E-state index < -0.39 is 0 Å². The van der Waals surface area contributed by atoms with Crippen LogP contribution in [0.25, 0.3) is 110 Å². The van der Waals surface area contributed by atoms with Gasteiger partial charge in [-0.3, -0.25) is 0 Å². The molecule has 10 aromatic carbocycles. The maximum atomic E-state index is 2.46. The summed E-state index contributed by atoms with van der Waals surface area (Å²) >= 11 is 0. The van der Waals surface area contributed by atoms with Crippen LogP contribution in [0.4, 0.5) is 0 Å². The smallest absolute Gasteiger partial charge is 0.0547 e. The number of hydrogen-bond donors (Lipinski definition) is 0. The summed E-state index contributed by atoms with van der Waals surface area (Å²) in [4.78, 5) is 0. The lowest BCUT2D eigenvalue weighted by atomic mass is 9.91. The number of aromatic nitrogens is 2. The number of para-hydroxylation sites is 3. The molecular formula is C56H36N2. The van der Waals surface area contributed by atoms with Gasteiger partial charge < -0.3 is 9.13 Å². The van der Waals surface area contributed by atoms with Crippen LogP contribution in [-0.2, 0) is 0 Å². The Balaban J connectivity index is 1.10. The molecule has 2 heteroatoms. The molecular weight excluding hydrogens is 701 g/mol. The van der Waals surface area contributed by atoms with Gasteiger partial charge in [0.15, 0.2) is 0 Å². The van der Waals surface area contributed by atoms with Gasteiger partial charge >= 0.3 is 0 Å². The first kappa shape index (κ1) is 32.6. The van der Waals surface area contributed by atoms with Gasteiger partial charge in [0.05, 0.1) is 33.4 Å². The number of hydrogen-bond acceptors (Lipinski definition) is 0. The molecule has 12 rings (SSSR count). The maximum absolute atomic E-state index is 2.46. The first-order valence-electron chi connectivity index (χ1n) is 20.0. The highest BCUT2D eigenvalue weighted by molar-refractivity contribution is 6.15. The molecule has 0 spiro atoms. The predicted molar refractivity (Wildman–Crippen MR) is 246 cm³/mol. The lowest BCUT2D eigenvalue weighted by Crippen LogP contribution is -1.97. The predicted octanol–water partition coefficient (Wildman–Crippen LogP) is 15.2. The van der Waals surface area contributed by atoms with Gasteiger partial charge in [-0.15, -0.1) is 0 Å². The van der Waals surface area contributed by atoms with Crippen LogP contribution in [-0.4, -0.2) is 9.13 Å². The van der Waals surface area contributed by atoms with Crippen molar-refractivity contribution in [3.63, 3.8) is 0 Å². The van der Waals surface area contributed by atoms with Crippen LogP contribution < -0.4 is 0 Å². The van der Waals surface area contributed by atoms with Crippen LogP contribution in [0.5, 0.6) is 0 Å². The SMILES string of the molecule is c1ccc(-c2ccccc2-n2c3ccccc3c3ccc(-c4cccc5cccc(-c6ccc7c8ccccc8n(-c8cccc9ccccc89)c7c6)c45)cc32)cc1. The summed E-state index contributed by atoms with van der Waals surface area (Å²) in [6, 6.07) is 80.0. The molecule has 12 aromatic rings. The Morgan fingerprint density at radius 2 is 0.690 bits per heavy atom. The minimum Gasteiger partial charge on any atom is -0.309 e. The molecule has 2 heterocycles. The molecule has 0 unspecified atom stereocenters. The highest BCUT2D eigenvalue weighted by atomic mass is 15.0. The number of rotatable bonds is 5. The number of nitrogens with zero attached hydrogens (tertiary/aromatic N) is 2. The van der Waals surface area contributed by atoms with Crippen molar-refractivity contribution in [3.05, 3.63) is 218 Å². The average molecular weight is 737 g/mol. The molecule has 0 saturated carbocycles. The molecule has 0 fully saturated rings. The summed E-state index contributed by atoms with van der Waals surface area (Å²) in [5.41, 5.74) is 14.4. The number of benzene rings is 10. The zero-order valence-corrected chi connectivity index (χ0v) is 31.7. The molecule has 2 aromatic heterocycles. The topological polar surface area (TPSA) is 9.86 Å². The van der Waals surface area contributed by atoms with Crippen molar-refractivity contribution in [1.82, 2.24) is 9.13 Å². The molecule has 2 nitrogen and oxygen atoms in total. The fraction of sp³-hybridized carbons (Fsp3) is 0. The lowest BCUT2D eigenvalue weighted by Gasteiger charge is -2.16. The van der Waals surface area contributed by atoms with Crippen LogP contribution in [0.1, 0.15) is 0 Å². The minimum absolute atomic E-state index is 1.17. The third-order valence-corrected chi connectivity index (χ3v) is 12.1. The minimum atomic E-state index is 1.17. The van der Waals surface area contributed by atoms with Crippen molar-refractivity contribution in [2.24, 2.45) is 0 Å². The van der Waals surface area contributed by atoms with E-state index in [1.807, 2.05) is 0 Å². The molecule has 270 valence electrons. The molecule has 0 radical (unpaired) electrons. The van der Waals surface area contributed by atoms with Gasteiger partial charge in [0.25, 0.3) is 0 Å². The Bertz CT molecular complexity index is 3560. The summed E-state index contributed by atoms with van der Waals surface area (Å²) in [6.07, 6.45) is 0. The monoisotopic (exact) mass is 736 g/mol. The van der Waals surface area contributed by atoms with E-state index in [0.29, 0.717) is 0 Å². The van der Waals surface area contributed by atoms with Crippen LogP contribution in [0, 0.1) is 0 Å². The molecule has 0 saturated heterocycles. The van der Waals surface area contributed by atoms with E-state index in [1.165, 1.54) is 110 Å². The molecule has 0 aliphatic heterocycles. The van der Waals surface area contributed by atoms with Crippen molar-refractivity contribution in [1.29, 1.82) is 0 Å². The fourth-order valence-electron chi connectivity index (χ4n) is 9.55. The van der Waals surface area contributed by atoms with Gasteiger partial charge in [-0.05, 0) is 80.4 Å². The second-order valence-corrected chi connectivity index (χ2v) is 15.3. The molecule has 0 aliphatic carbocycles. The largest absolute Gasteiger partial charge is 0.309 e. The van der Waals surface area contributed by atoms with Crippen LogP contribution >= 0.6 is 0 Å². The van der Waals surface area contributed by atoms with Crippen molar-refractivity contribution >= 4 is 65.2 Å². The van der Waals surface area contributed by atoms with E-state index in [0.717, 1.165) is 0 Å². The average Bonchev–Trinajstić information content (AvgIpc) is 3.80. The van der Waals surface area contributed by atoms with Crippen molar-refractivity contribution in [2.45, 2.75) is 0 Å². The summed E-state index contributed by atoms with van der Waals surface area (Å²) in [6.45, 7) is 0. The summed E-state index contributed by atoms with van der Waals surface area (Å²) in [7, 11) is 0. The third kappa shape index (κ3) is 4.92. The summed E-state index contributed by atoms with van der Waals surface area (Å²) in [5.74, 6) is 0. The van der Waals surface area contributed by atoms with E-state index in [9.17, 15) is 0 Å². The third-order valence-electron chi connectivity index (χ3n) is 12.1. The highest BCUT2D eigenvalue weighted by Crippen LogP contribution is 2.43. The van der Waals surface area contributed by atoms with Gasteiger partial charge in [-0.2, -0.15) is 0 Å². The van der Waals surface area contributed by atoms with Gasteiger partial charge in [-0.25, -0.2) is 0 Å². The van der Waals surface area contributed by atoms with E-state index in [4.69, 9.17) is 0 Å². The Morgan fingerprint density at radius 3 is 1.36 bits per heavy atom.